The lowest BCUT2D eigenvalue weighted by molar-refractivity contribution is -0.116. The van der Waals surface area contributed by atoms with Gasteiger partial charge < -0.3 is 20.4 Å². The Hall–Kier alpha value is -4.71. The van der Waals surface area contributed by atoms with E-state index >= 15 is 0 Å². The standard InChI is InChI=1S/C26H25ClN8O4/c1-39-26(38)29-16-9-10-18-20(12-16)30-23(36)8-3-2-7-19(24-28-13-21(18)31-24)32-25(37)22-14-35(34-33-22)17-6-4-5-15(27)11-17/h4-6,9-14,19H,2-3,7-8H2,1H3,(H,28,31)(H,29,38)(H,30,36)(H,32,37). The van der Waals surface area contributed by atoms with Crippen LogP contribution >= 0.6 is 11.6 Å². The van der Waals surface area contributed by atoms with Crippen LogP contribution in [0.25, 0.3) is 16.9 Å². The Morgan fingerprint density at radius 2 is 2.05 bits per heavy atom. The summed E-state index contributed by atoms with van der Waals surface area (Å²) < 4.78 is 6.13. The van der Waals surface area contributed by atoms with Gasteiger partial charge in [-0.2, -0.15) is 0 Å². The van der Waals surface area contributed by atoms with Crippen molar-refractivity contribution in [1.82, 2.24) is 30.3 Å². The Kier molecular flexibility index (Phi) is 7.55. The molecule has 13 heteroatoms. The van der Waals surface area contributed by atoms with Gasteiger partial charge in [-0.05, 0) is 49.2 Å². The van der Waals surface area contributed by atoms with Gasteiger partial charge in [-0.1, -0.05) is 29.3 Å². The van der Waals surface area contributed by atoms with E-state index in [1.165, 1.54) is 18.0 Å². The molecule has 0 spiro atoms. The summed E-state index contributed by atoms with van der Waals surface area (Å²) in [5, 5.41) is 17.1. The molecule has 2 aromatic heterocycles. The Bertz CT molecular complexity index is 1530. The molecule has 12 nitrogen and oxygen atoms in total. The molecule has 200 valence electrons. The lowest BCUT2D eigenvalue weighted by Crippen LogP contribution is -2.29. The summed E-state index contributed by atoms with van der Waals surface area (Å²) in [7, 11) is 1.27. The van der Waals surface area contributed by atoms with Crippen LogP contribution in [0, 0.1) is 0 Å². The van der Waals surface area contributed by atoms with Crippen LogP contribution in [0.15, 0.2) is 54.9 Å². The molecule has 1 aliphatic heterocycles. The van der Waals surface area contributed by atoms with Gasteiger partial charge in [0.1, 0.15) is 5.82 Å². The molecule has 3 heterocycles. The topological polar surface area (TPSA) is 156 Å². The van der Waals surface area contributed by atoms with E-state index in [2.05, 4.69) is 41.0 Å². The third kappa shape index (κ3) is 6.07. The van der Waals surface area contributed by atoms with Crippen molar-refractivity contribution in [3.05, 3.63) is 71.4 Å². The number of benzene rings is 2. The van der Waals surface area contributed by atoms with Gasteiger partial charge in [-0.3, -0.25) is 14.9 Å². The molecule has 0 saturated carbocycles. The number of fused-ring (bicyclic) bond motifs is 4. The van der Waals surface area contributed by atoms with Gasteiger partial charge in [0.2, 0.25) is 5.91 Å². The highest BCUT2D eigenvalue weighted by atomic mass is 35.5. The molecule has 1 atom stereocenters. The molecular weight excluding hydrogens is 524 g/mol. The Morgan fingerprint density at radius 1 is 1.18 bits per heavy atom. The van der Waals surface area contributed by atoms with E-state index in [0.717, 1.165) is 0 Å². The summed E-state index contributed by atoms with van der Waals surface area (Å²) in [6.45, 7) is 0. The smallest absolute Gasteiger partial charge is 0.411 e. The zero-order valence-corrected chi connectivity index (χ0v) is 21.7. The fraction of sp³-hybridized carbons (Fsp3) is 0.231. The second kappa shape index (κ2) is 11.4. The summed E-state index contributed by atoms with van der Waals surface area (Å²) in [6, 6.07) is 11.7. The number of carbonyl (C=O) groups is 3. The average molecular weight is 549 g/mol. The van der Waals surface area contributed by atoms with Crippen molar-refractivity contribution >= 4 is 40.9 Å². The quantitative estimate of drug-likeness (QED) is 0.293. The van der Waals surface area contributed by atoms with Crippen molar-refractivity contribution in [2.24, 2.45) is 0 Å². The molecule has 1 unspecified atom stereocenters. The number of H-pyrrole nitrogens is 1. The number of aromatic amines is 1. The van der Waals surface area contributed by atoms with Crippen molar-refractivity contribution < 1.29 is 19.1 Å². The molecular formula is C26H25ClN8O4. The van der Waals surface area contributed by atoms with Crippen LogP contribution in [0.5, 0.6) is 0 Å². The highest BCUT2D eigenvalue weighted by molar-refractivity contribution is 6.30. The number of anilines is 2. The summed E-state index contributed by atoms with van der Waals surface area (Å²) in [4.78, 5) is 45.2. The molecule has 4 aromatic rings. The molecule has 39 heavy (non-hydrogen) atoms. The summed E-state index contributed by atoms with van der Waals surface area (Å²) in [6.07, 6.45) is 4.67. The first kappa shape index (κ1) is 25.9. The second-order valence-corrected chi connectivity index (χ2v) is 9.34. The minimum absolute atomic E-state index is 0.142. The Labute approximate surface area is 228 Å². The third-order valence-corrected chi connectivity index (χ3v) is 6.43. The molecule has 0 radical (unpaired) electrons. The molecule has 2 aromatic carbocycles. The van der Waals surface area contributed by atoms with Crippen LogP contribution in [-0.2, 0) is 9.53 Å². The zero-order valence-electron chi connectivity index (χ0n) is 20.9. The number of rotatable bonds is 4. The van der Waals surface area contributed by atoms with Crippen LogP contribution in [0.1, 0.15) is 48.0 Å². The number of carbonyl (C=O) groups excluding carboxylic acids is 3. The van der Waals surface area contributed by atoms with Gasteiger partial charge >= 0.3 is 6.09 Å². The summed E-state index contributed by atoms with van der Waals surface area (Å²) >= 11 is 6.07. The fourth-order valence-electron chi connectivity index (χ4n) is 4.25. The molecule has 0 fully saturated rings. The maximum atomic E-state index is 13.1. The van der Waals surface area contributed by atoms with Crippen molar-refractivity contribution in [2.75, 3.05) is 17.7 Å². The summed E-state index contributed by atoms with van der Waals surface area (Å²) in [5.41, 5.74) is 3.09. The van der Waals surface area contributed by atoms with E-state index in [9.17, 15) is 14.4 Å². The van der Waals surface area contributed by atoms with E-state index in [-0.39, 0.29) is 11.6 Å². The predicted octanol–water partition coefficient (Wildman–Crippen LogP) is 4.47. The molecule has 5 rings (SSSR count). The minimum Gasteiger partial charge on any atom is -0.453 e. The Balaban J connectivity index is 1.40. The maximum absolute atomic E-state index is 13.1. The zero-order chi connectivity index (χ0) is 27.4. The molecule has 2 bridgehead atoms. The molecule has 0 aliphatic carbocycles. The van der Waals surface area contributed by atoms with Crippen molar-refractivity contribution in [1.29, 1.82) is 0 Å². The lowest BCUT2D eigenvalue weighted by Gasteiger charge is -2.17. The fourth-order valence-corrected chi connectivity index (χ4v) is 4.43. The van der Waals surface area contributed by atoms with Gasteiger partial charge in [0, 0.05) is 22.7 Å². The number of hydrogen-bond acceptors (Lipinski definition) is 7. The molecule has 3 amide bonds. The highest BCUT2D eigenvalue weighted by Crippen LogP contribution is 2.32. The van der Waals surface area contributed by atoms with Crippen LogP contribution in [0.2, 0.25) is 5.02 Å². The number of amides is 3. The number of ether oxygens (including phenoxy) is 1. The van der Waals surface area contributed by atoms with Gasteiger partial charge in [0.15, 0.2) is 5.69 Å². The molecule has 0 saturated heterocycles. The third-order valence-electron chi connectivity index (χ3n) is 6.19. The number of aromatic nitrogens is 5. The number of nitrogens with one attached hydrogen (secondary N) is 4. The van der Waals surface area contributed by atoms with Gasteiger partial charge in [-0.25, -0.2) is 14.5 Å². The van der Waals surface area contributed by atoms with Crippen molar-refractivity contribution in [3.63, 3.8) is 0 Å². The van der Waals surface area contributed by atoms with Gasteiger partial charge in [-0.15, -0.1) is 5.10 Å². The highest BCUT2D eigenvalue weighted by Gasteiger charge is 2.23. The maximum Gasteiger partial charge on any atom is 0.411 e. The number of nitrogens with zero attached hydrogens (tertiary/aromatic N) is 4. The Morgan fingerprint density at radius 3 is 2.87 bits per heavy atom. The van der Waals surface area contributed by atoms with Crippen LogP contribution in [0.4, 0.5) is 16.2 Å². The lowest BCUT2D eigenvalue weighted by atomic mass is 10.1. The monoisotopic (exact) mass is 548 g/mol. The molecule has 4 N–H and O–H groups in total. The van der Waals surface area contributed by atoms with E-state index in [1.54, 1.807) is 42.6 Å². The van der Waals surface area contributed by atoms with E-state index in [1.807, 2.05) is 6.07 Å². The number of methoxy groups -OCH3 is 1. The van der Waals surface area contributed by atoms with E-state index < -0.39 is 18.0 Å². The first-order chi connectivity index (χ1) is 18.9. The van der Waals surface area contributed by atoms with Crippen LogP contribution in [0.3, 0.4) is 0 Å². The van der Waals surface area contributed by atoms with Crippen molar-refractivity contribution in [2.45, 2.75) is 31.7 Å². The first-order valence-corrected chi connectivity index (χ1v) is 12.6. The largest absolute Gasteiger partial charge is 0.453 e. The number of imidazole rings is 1. The van der Waals surface area contributed by atoms with Gasteiger partial charge in [0.25, 0.3) is 5.91 Å². The van der Waals surface area contributed by atoms with E-state index in [0.29, 0.717) is 64.8 Å². The summed E-state index contributed by atoms with van der Waals surface area (Å²) in [5.74, 6) is -0.00446. The number of hydrogen-bond donors (Lipinski definition) is 4. The molecule has 1 aliphatic rings. The van der Waals surface area contributed by atoms with Crippen LogP contribution in [-0.4, -0.2) is 50.0 Å². The average Bonchev–Trinajstić information content (AvgIpc) is 3.61. The predicted molar refractivity (Wildman–Crippen MR) is 144 cm³/mol. The van der Waals surface area contributed by atoms with Crippen LogP contribution < -0.4 is 16.0 Å². The normalized spacial score (nSPS) is 15.2. The SMILES string of the molecule is COC(=O)Nc1ccc2c(c1)NC(=O)CCCCC(NC(=O)c1cn(-c3cccc(Cl)c3)nn1)c1ncc-2[nH]1. The minimum atomic E-state index is -0.621. The van der Waals surface area contributed by atoms with E-state index in [4.69, 9.17) is 11.6 Å². The second-order valence-electron chi connectivity index (χ2n) is 8.91. The number of halogens is 1. The first-order valence-electron chi connectivity index (χ1n) is 12.2. The van der Waals surface area contributed by atoms with Crippen molar-refractivity contribution in [3.8, 4) is 16.9 Å². The van der Waals surface area contributed by atoms with Gasteiger partial charge in [0.05, 0.1) is 42.6 Å².